The molecule has 28 heavy (non-hydrogen) atoms. The van der Waals surface area contributed by atoms with Gasteiger partial charge in [0.25, 0.3) is 5.56 Å². The van der Waals surface area contributed by atoms with E-state index in [2.05, 4.69) is 15.3 Å². The summed E-state index contributed by atoms with van der Waals surface area (Å²) >= 11 is 1.33. The van der Waals surface area contributed by atoms with E-state index < -0.39 is 11.9 Å². The number of nitrogens with zero attached hydrogens (tertiary/aromatic N) is 1. The molecule has 4 rings (SSSR count). The Morgan fingerprint density at radius 2 is 2.14 bits per heavy atom. The lowest BCUT2D eigenvalue weighted by Gasteiger charge is -2.28. The third kappa shape index (κ3) is 3.01. The maximum atomic E-state index is 12.9. The van der Waals surface area contributed by atoms with E-state index in [-0.39, 0.29) is 19.0 Å². The Balaban J connectivity index is 1.93. The molecule has 1 aromatic carbocycles. The highest BCUT2D eigenvalue weighted by atomic mass is 32.2. The Morgan fingerprint density at radius 1 is 1.36 bits per heavy atom. The summed E-state index contributed by atoms with van der Waals surface area (Å²) in [4.78, 5) is 32.9. The summed E-state index contributed by atoms with van der Waals surface area (Å²) < 4.78 is 16.1. The van der Waals surface area contributed by atoms with E-state index >= 15 is 0 Å². The summed E-state index contributed by atoms with van der Waals surface area (Å²) in [6.07, 6.45) is 1.83. The molecule has 1 aromatic heterocycles. The molecule has 0 bridgehead atoms. The molecule has 0 aliphatic carbocycles. The number of H-pyrrole nitrogens is 1. The molecule has 1 atom stereocenters. The first-order valence-electron chi connectivity index (χ1n) is 8.76. The number of hydrogen-bond donors (Lipinski definition) is 2. The van der Waals surface area contributed by atoms with Gasteiger partial charge in [-0.05, 0) is 37.8 Å². The van der Waals surface area contributed by atoms with Gasteiger partial charge in [-0.15, -0.1) is 0 Å². The first-order valence-corrected chi connectivity index (χ1v) is 9.98. The van der Waals surface area contributed by atoms with Crippen molar-refractivity contribution in [3.8, 4) is 11.5 Å². The lowest BCUT2D eigenvalue weighted by Crippen LogP contribution is -2.31. The molecule has 0 spiro atoms. The maximum Gasteiger partial charge on any atom is 0.336 e. The van der Waals surface area contributed by atoms with Gasteiger partial charge in [-0.1, -0.05) is 17.8 Å². The number of benzene rings is 1. The number of allylic oxidation sites excluding steroid dienone is 1. The third-order valence-electron chi connectivity index (χ3n) is 4.64. The number of esters is 1. The summed E-state index contributed by atoms with van der Waals surface area (Å²) in [5.41, 5.74) is 1.75. The van der Waals surface area contributed by atoms with E-state index in [4.69, 9.17) is 14.2 Å². The Bertz CT molecular complexity index is 1050. The van der Waals surface area contributed by atoms with E-state index in [9.17, 15) is 9.59 Å². The molecule has 2 aliphatic heterocycles. The standard InChI is InChI=1S/C19H19N3O5S/c1-4-25-18(24)13-9(2)20-16-15(17(23)22-19(21-16)28-3)14(13)10-5-6-11-12(7-10)27-8-26-11/h5-7,14H,4,8H2,1-3H3,(H2,20,21,22,23). The first-order chi connectivity index (χ1) is 13.5. The molecule has 0 saturated carbocycles. The van der Waals surface area contributed by atoms with Crippen LogP contribution in [0, 0.1) is 0 Å². The van der Waals surface area contributed by atoms with Crippen LogP contribution in [0.2, 0.25) is 0 Å². The predicted octanol–water partition coefficient (Wildman–Crippen LogP) is 2.62. The molecule has 9 heteroatoms. The predicted molar refractivity (Wildman–Crippen MR) is 104 cm³/mol. The van der Waals surface area contributed by atoms with Crippen LogP contribution < -0.4 is 20.3 Å². The summed E-state index contributed by atoms with van der Waals surface area (Å²) in [5.74, 6) is 0.511. The molecule has 0 saturated heterocycles. The zero-order valence-electron chi connectivity index (χ0n) is 15.6. The van der Waals surface area contributed by atoms with Gasteiger partial charge in [-0.2, -0.15) is 0 Å². The van der Waals surface area contributed by atoms with Gasteiger partial charge in [-0.3, -0.25) is 4.79 Å². The van der Waals surface area contributed by atoms with Crippen molar-refractivity contribution in [3.05, 3.63) is 50.9 Å². The van der Waals surface area contributed by atoms with Crippen LogP contribution in [0.3, 0.4) is 0 Å². The molecule has 2 N–H and O–H groups in total. The number of aromatic nitrogens is 2. The van der Waals surface area contributed by atoms with Crippen LogP contribution in [0.25, 0.3) is 0 Å². The van der Waals surface area contributed by atoms with Gasteiger partial charge in [0.05, 0.1) is 23.7 Å². The highest BCUT2D eigenvalue weighted by Gasteiger charge is 2.37. The van der Waals surface area contributed by atoms with Crippen molar-refractivity contribution in [1.29, 1.82) is 0 Å². The summed E-state index contributed by atoms with van der Waals surface area (Å²) in [6, 6.07) is 5.38. The number of fused-ring (bicyclic) bond motifs is 2. The number of carbonyl (C=O) groups excluding carboxylic acids is 1. The largest absolute Gasteiger partial charge is 0.463 e. The third-order valence-corrected chi connectivity index (χ3v) is 5.22. The topological polar surface area (TPSA) is 103 Å². The molecule has 8 nitrogen and oxygen atoms in total. The number of hydrogen-bond acceptors (Lipinski definition) is 8. The fourth-order valence-corrected chi connectivity index (χ4v) is 3.81. The summed E-state index contributed by atoms with van der Waals surface area (Å²) in [7, 11) is 0. The molecular weight excluding hydrogens is 382 g/mol. The molecule has 0 radical (unpaired) electrons. The minimum atomic E-state index is -0.642. The Morgan fingerprint density at radius 3 is 2.89 bits per heavy atom. The van der Waals surface area contributed by atoms with Crippen LogP contribution in [-0.4, -0.2) is 35.6 Å². The number of aromatic amines is 1. The minimum Gasteiger partial charge on any atom is -0.463 e. The van der Waals surface area contributed by atoms with Crippen molar-refractivity contribution in [3.63, 3.8) is 0 Å². The lowest BCUT2D eigenvalue weighted by atomic mass is 9.82. The number of rotatable bonds is 4. The molecule has 0 amide bonds. The van der Waals surface area contributed by atoms with Gasteiger partial charge in [-0.25, -0.2) is 9.78 Å². The molecule has 2 aromatic rings. The zero-order chi connectivity index (χ0) is 19.8. The molecule has 3 heterocycles. The van der Waals surface area contributed by atoms with Gasteiger partial charge in [0, 0.05) is 5.70 Å². The zero-order valence-corrected chi connectivity index (χ0v) is 16.4. The Kier molecular flexibility index (Phi) is 4.76. The molecule has 2 aliphatic rings. The SMILES string of the molecule is CCOC(=O)C1=C(C)Nc2nc(SC)[nH]c(=O)c2C1c1ccc2c(c1)OCO2. The number of anilines is 1. The average molecular weight is 401 g/mol. The van der Waals surface area contributed by atoms with Crippen molar-refractivity contribution in [2.24, 2.45) is 0 Å². The normalized spacial score (nSPS) is 17.2. The van der Waals surface area contributed by atoms with Gasteiger partial charge >= 0.3 is 5.97 Å². The summed E-state index contributed by atoms with van der Waals surface area (Å²) in [6.45, 7) is 3.89. The first kappa shape index (κ1) is 18.4. The van der Waals surface area contributed by atoms with E-state index in [0.29, 0.717) is 39.3 Å². The van der Waals surface area contributed by atoms with E-state index in [0.717, 1.165) is 5.56 Å². The fraction of sp³-hybridized carbons (Fsp3) is 0.316. The van der Waals surface area contributed by atoms with Gasteiger partial charge in [0.15, 0.2) is 16.7 Å². The molecule has 1 unspecified atom stereocenters. The smallest absolute Gasteiger partial charge is 0.336 e. The number of nitrogens with one attached hydrogen (secondary N) is 2. The summed E-state index contributed by atoms with van der Waals surface area (Å²) in [5, 5.41) is 3.59. The van der Waals surface area contributed by atoms with Crippen molar-refractivity contribution in [2.75, 3.05) is 25.0 Å². The van der Waals surface area contributed by atoms with Crippen LogP contribution in [0.5, 0.6) is 11.5 Å². The van der Waals surface area contributed by atoms with Crippen molar-refractivity contribution in [2.45, 2.75) is 24.9 Å². The molecule has 146 valence electrons. The van der Waals surface area contributed by atoms with Crippen LogP contribution in [0.15, 0.2) is 39.4 Å². The van der Waals surface area contributed by atoms with Gasteiger partial charge in [0.1, 0.15) is 5.82 Å². The Hall–Kier alpha value is -2.94. The Labute approximate surface area is 165 Å². The van der Waals surface area contributed by atoms with Crippen LogP contribution in [-0.2, 0) is 9.53 Å². The quantitative estimate of drug-likeness (QED) is 0.458. The number of thioether (sulfide) groups is 1. The van der Waals surface area contributed by atoms with Crippen molar-refractivity contribution < 1.29 is 19.0 Å². The number of ether oxygens (including phenoxy) is 3. The second kappa shape index (κ2) is 7.23. The van der Waals surface area contributed by atoms with Crippen LogP contribution >= 0.6 is 11.8 Å². The molecular formula is C19H19N3O5S. The second-order valence-electron chi connectivity index (χ2n) is 6.27. The van der Waals surface area contributed by atoms with Gasteiger partial charge < -0.3 is 24.5 Å². The van der Waals surface area contributed by atoms with Crippen LogP contribution in [0.1, 0.15) is 30.9 Å². The van der Waals surface area contributed by atoms with E-state index in [1.165, 1.54) is 11.8 Å². The molecule has 0 fully saturated rings. The van der Waals surface area contributed by atoms with Gasteiger partial charge in [0.2, 0.25) is 6.79 Å². The highest BCUT2D eigenvalue weighted by molar-refractivity contribution is 7.98. The minimum absolute atomic E-state index is 0.139. The number of carbonyl (C=O) groups is 1. The lowest BCUT2D eigenvalue weighted by molar-refractivity contribution is -0.138. The second-order valence-corrected chi connectivity index (χ2v) is 7.06. The highest BCUT2D eigenvalue weighted by Crippen LogP contribution is 2.43. The van der Waals surface area contributed by atoms with E-state index in [1.54, 1.807) is 26.0 Å². The van der Waals surface area contributed by atoms with E-state index in [1.807, 2.05) is 12.3 Å². The van der Waals surface area contributed by atoms with Crippen molar-refractivity contribution >= 4 is 23.5 Å². The fourth-order valence-electron chi connectivity index (χ4n) is 3.43. The van der Waals surface area contributed by atoms with Crippen LogP contribution in [0.4, 0.5) is 5.82 Å². The monoisotopic (exact) mass is 401 g/mol. The average Bonchev–Trinajstić information content (AvgIpc) is 3.14. The van der Waals surface area contributed by atoms with Crippen molar-refractivity contribution in [1.82, 2.24) is 9.97 Å². The maximum absolute atomic E-state index is 12.9.